The molecule has 1 aliphatic rings. The van der Waals surface area contributed by atoms with E-state index in [1.807, 2.05) is 19.1 Å². The minimum absolute atomic E-state index is 0.0370. The van der Waals surface area contributed by atoms with Crippen LogP contribution in [0.3, 0.4) is 0 Å². The molecule has 4 atom stereocenters. The molecule has 0 amide bonds. The number of nitrogens with zero attached hydrogens (tertiary/aromatic N) is 4. The number of nitriles is 1. The summed E-state index contributed by atoms with van der Waals surface area (Å²) in [6.45, 7) is 1.87. The third-order valence-corrected chi connectivity index (χ3v) is 5.01. The molecule has 27 heavy (non-hydrogen) atoms. The Morgan fingerprint density at radius 2 is 2.07 bits per heavy atom. The van der Waals surface area contributed by atoms with Gasteiger partial charge >= 0.3 is 0 Å². The number of aryl methyl sites for hydroxylation is 1. The molecule has 0 aliphatic heterocycles. The normalized spacial score (nSPS) is 24.9. The Hall–Kier alpha value is -3.02. The zero-order valence-electron chi connectivity index (χ0n) is 14.5. The van der Waals surface area contributed by atoms with Crippen molar-refractivity contribution in [3.05, 3.63) is 53.9 Å². The molecular formula is C19H17FN4O3. The summed E-state index contributed by atoms with van der Waals surface area (Å²) in [6, 6.07) is 6.89. The highest BCUT2D eigenvalue weighted by molar-refractivity contribution is 5.78. The number of aliphatic hydroxyl groups is 2. The SMILES string of the molecule is Cc1ncnc2c1ccn2C1CC(Oc2ccc(F)cc2C#N)C(O)C1O. The molecule has 138 valence electrons. The smallest absolute Gasteiger partial charge is 0.143 e. The second-order valence-corrected chi connectivity index (χ2v) is 6.61. The van der Waals surface area contributed by atoms with Gasteiger partial charge in [-0.3, -0.25) is 0 Å². The lowest BCUT2D eigenvalue weighted by Crippen LogP contribution is -2.34. The van der Waals surface area contributed by atoms with Crippen molar-refractivity contribution in [2.24, 2.45) is 0 Å². The summed E-state index contributed by atoms with van der Waals surface area (Å²) < 4.78 is 20.9. The van der Waals surface area contributed by atoms with Crippen LogP contribution < -0.4 is 4.74 Å². The van der Waals surface area contributed by atoms with E-state index in [1.54, 1.807) is 10.8 Å². The summed E-state index contributed by atoms with van der Waals surface area (Å²) in [6.07, 6.45) is 0.574. The third-order valence-electron chi connectivity index (χ3n) is 5.01. The van der Waals surface area contributed by atoms with E-state index < -0.39 is 30.2 Å². The minimum atomic E-state index is -1.16. The molecule has 7 nitrogen and oxygen atoms in total. The molecule has 2 aromatic heterocycles. The number of aromatic nitrogens is 3. The second kappa shape index (κ2) is 6.61. The summed E-state index contributed by atoms with van der Waals surface area (Å²) in [7, 11) is 0. The number of hydrogen-bond acceptors (Lipinski definition) is 6. The lowest BCUT2D eigenvalue weighted by atomic mass is 10.2. The van der Waals surface area contributed by atoms with Gasteiger partial charge in [0.1, 0.15) is 47.9 Å². The first-order valence-electron chi connectivity index (χ1n) is 8.50. The largest absolute Gasteiger partial charge is 0.486 e. The number of rotatable bonds is 3. The fourth-order valence-electron chi connectivity index (χ4n) is 3.58. The average Bonchev–Trinajstić information content (AvgIpc) is 3.20. The number of aliphatic hydroxyl groups excluding tert-OH is 2. The van der Waals surface area contributed by atoms with Gasteiger partial charge in [-0.15, -0.1) is 0 Å². The Morgan fingerprint density at radius 1 is 1.26 bits per heavy atom. The highest BCUT2D eigenvalue weighted by Gasteiger charge is 2.44. The first kappa shape index (κ1) is 17.4. The van der Waals surface area contributed by atoms with Gasteiger partial charge < -0.3 is 19.5 Å². The molecule has 0 bridgehead atoms. The number of benzene rings is 1. The summed E-state index contributed by atoms with van der Waals surface area (Å²) in [4.78, 5) is 8.44. The second-order valence-electron chi connectivity index (χ2n) is 6.61. The van der Waals surface area contributed by atoms with Crippen molar-refractivity contribution >= 4 is 11.0 Å². The van der Waals surface area contributed by atoms with Crippen LogP contribution in [0.4, 0.5) is 4.39 Å². The summed E-state index contributed by atoms with van der Waals surface area (Å²) in [5.41, 5.74) is 1.53. The summed E-state index contributed by atoms with van der Waals surface area (Å²) >= 11 is 0. The van der Waals surface area contributed by atoms with E-state index in [2.05, 4.69) is 9.97 Å². The third kappa shape index (κ3) is 2.91. The molecule has 2 N–H and O–H groups in total. The van der Waals surface area contributed by atoms with E-state index in [-0.39, 0.29) is 11.3 Å². The molecule has 4 rings (SSSR count). The zero-order valence-corrected chi connectivity index (χ0v) is 14.5. The van der Waals surface area contributed by atoms with Gasteiger partial charge in [0.25, 0.3) is 0 Å². The molecule has 0 spiro atoms. The standard InChI is InChI=1S/C19H17FN4O3/c1-10-13-4-5-24(19(13)23-9-22-10)14-7-16(18(26)17(14)25)27-15-3-2-12(20)6-11(15)8-21/h2-6,9,14,16-18,25-26H,7H2,1H3. The van der Waals surface area contributed by atoms with Gasteiger partial charge in [-0.1, -0.05) is 0 Å². The van der Waals surface area contributed by atoms with Crippen LogP contribution in [0.2, 0.25) is 0 Å². The Bertz CT molecular complexity index is 1050. The van der Waals surface area contributed by atoms with E-state index in [1.165, 1.54) is 18.5 Å². The van der Waals surface area contributed by atoms with E-state index in [0.29, 0.717) is 12.1 Å². The van der Waals surface area contributed by atoms with Gasteiger partial charge in [0.2, 0.25) is 0 Å². The molecule has 0 saturated heterocycles. The van der Waals surface area contributed by atoms with Crippen LogP contribution >= 0.6 is 0 Å². The van der Waals surface area contributed by atoms with Crippen molar-refractivity contribution in [3.63, 3.8) is 0 Å². The highest BCUT2D eigenvalue weighted by Crippen LogP contribution is 2.36. The molecule has 2 heterocycles. The highest BCUT2D eigenvalue weighted by atomic mass is 19.1. The Labute approximate surface area is 154 Å². The average molecular weight is 368 g/mol. The van der Waals surface area contributed by atoms with Crippen molar-refractivity contribution < 1.29 is 19.3 Å². The molecule has 1 aromatic carbocycles. The predicted molar refractivity (Wildman–Crippen MR) is 93.5 cm³/mol. The maximum atomic E-state index is 13.3. The van der Waals surface area contributed by atoms with E-state index in [4.69, 9.17) is 10.00 Å². The van der Waals surface area contributed by atoms with E-state index in [9.17, 15) is 14.6 Å². The molecular weight excluding hydrogens is 351 g/mol. The Balaban J connectivity index is 1.63. The number of fused-ring (bicyclic) bond motifs is 1. The van der Waals surface area contributed by atoms with Gasteiger partial charge in [0.05, 0.1) is 17.3 Å². The van der Waals surface area contributed by atoms with E-state index >= 15 is 0 Å². The van der Waals surface area contributed by atoms with Crippen LogP contribution in [0.1, 0.15) is 23.7 Å². The van der Waals surface area contributed by atoms with Crippen molar-refractivity contribution in [2.45, 2.75) is 37.7 Å². The van der Waals surface area contributed by atoms with Crippen LogP contribution in [0.5, 0.6) is 5.75 Å². The Morgan fingerprint density at radius 3 is 2.85 bits per heavy atom. The fraction of sp³-hybridized carbons (Fsp3) is 0.316. The molecule has 0 radical (unpaired) electrons. The quantitative estimate of drug-likeness (QED) is 0.731. The minimum Gasteiger partial charge on any atom is -0.486 e. The van der Waals surface area contributed by atoms with Crippen molar-refractivity contribution in [1.82, 2.24) is 14.5 Å². The zero-order chi connectivity index (χ0) is 19.1. The van der Waals surface area contributed by atoms with Crippen LogP contribution in [-0.2, 0) is 0 Å². The molecule has 8 heteroatoms. The molecule has 1 aliphatic carbocycles. The Kier molecular flexibility index (Phi) is 4.26. The first-order valence-corrected chi connectivity index (χ1v) is 8.50. The molecule has 1 saturated carbocycles. The number of ether oxygens (including phenoxy) is 1. The molecule has 1 fully saturated rings. The van der Waals surface area contributed by atoms with Crippen molar-refractivity contribution in [1.29, 1.82) is 5.26 Å². The van der Waals surface area contributed by atoms with Crippen LogP contribution in [0.25, 0.3) is 11.0 Å². The number of hydrogen-bond donors (Lipinski definition) is 2. The van der Waals surface area contributed by atoms with Crippen LogP contribution in [-0.4, -0.2) is 43.1 Å². The van der Waals surface area contributed by atoms with Gasteiger partial charge in [0, 0.05) is 18.0 Å². The van der Waals surface area contributed by atoms with Gasteiger partial charge in [-0.25, -0.2) is 14.4 Å². The summed E-state index contributed by atoms with van der Waals surface area (Å²) in [5, 5.41) is 31.0. The first-order chi connectivity index (χ1) is 13.0. The van der Waals surface area contributed by atoms with Gasteiger partial charge in [-0.05, 0) is 31.2 Å². The van der Waals surface area contributed by atoms with Crippen LogP contribution in [0, 0.1) is 24.1 Å². The van der Waals surface area contributed by atoms with Gasteiger partial charge in [0.15, 0.2) is 0 Å². The monoisotopic (exact) mass is 368 g/mol. The van der Waals surface area contributed by atoms with Crippen LogP contribution in [0.15, 0.2) is 36.8 Å². The molecule has 3 aromatic rings. The number of halogens is 1. The van der Waals surface area contributed by atoms with Gasteiger partial charge in [-0.2, -0.15) is 5.26 Å². The fourth-order valence-corrected chi connectivity index (χ4v) is 3.58. The summed E-state index contributed by atoms with van der Waals surface area (Å²) in [5.74, 6) is -0.371. The van der Waals surface area contributed by atoms with Crippen molar-refractivity contribution in [3.8, 4) is 11.8 Å². The lowest BCUT2D eigenvalue weighted by Gasteiger charge is -2.19. The lowest BCUT2D eigenvalue weighted by molar-refractivity contribution is -0.0164. The maximum Gasteiger partial charge on any atom is 0.143 e. The topological polar surface area (TPSA) is 104 Å². The maximum absolute atomic E-state index is 13.3. The molecule has 4 unspecified atom stereocenters. The van der Waals surface area contributed by atoms with Crippen molar-refractivity contribution in [2.75, 3.05) is 0 Å². The predicted octanol–water partition coefficient (Wildman–Crippen LogP) is 1.86. The van der Waals surface area contributed by atoms with E-state index in [0.717, 1.165) is 17.1 Å².